The minimum Gasteiger partial charge on any atom is -0.356 e. The zero-order valence-electron chi connectivity index (χ0n) is 11.0. The highest BCUT2D eigenvalue weighted by Crippen LogP contribution is 2.10. The Morgan fingerprint density at radius 1 is 1.16 bits per heavy atom. The van der Waals surface area contributed by atoms with E-state index in [9.17, 15) is 9.59 Å². The van der Waals surface area contributed by atoms with E-state index in [0.717, 1.165) is 12.0 Å². The summed E-state index contributed by atoms with van der Waals surface area (Å²) >= 11 is 5.86. The summed E-state index contributed by atoms with van der Waals surface area (Å²) in [5, 5.41) is 6.06. The zero-order chi connectivity index (χ0) is 14.1. The average Bonchev–Trinajstić information content (AvgIpc) is 2.36. The van der Waals surface area contributed by atoms with Crippen LogP contribution in [0.15, 0.2) is 24.3 Å². The van der Waals surface area contributed by atoms with Crippen LogP contribution in [-0.2, 0) is 16.0 Å². The van der Waals surface area contributed by atoms with Gasteiger partial charge in [0.2, 0.25) is 11.8 Å². The molecule has 0 atom stereocenters. The Balaban J connectivity index is 2.22. The van der Waals surface area contributed by atoms with Gasteiger partial charge in [0.15, 0.2) is 0 Å². The maximum Gasteiger partial charge on any atom is 0.229 e. The molecule has 0 saturated heterocycles. The third-order valence-corrected chi connectivity index (χ3v) is 2.75. The third-order valence-electron chi connectivity index (χ3n) is 2.52. The molecule has 0 bridgehead atoms. The van der Waals surface area contributed by atoms with Gasteiger partial charge < -0.3 is 10.6 Å². The van der Waals surface area contributed by atoms with E-state index in [4.69, 9.17) is 11.6 Å². The standard InChI is InChI=1S/C14H19ClN2O2/c1-2-7-16-13(18)10-14(19)17-8-6-11-4-3-5-12(15)9-11/h3-5,9H,2,6-8,10H2,1H3,(H,16,18)(H,17,19). The van der Waals surface area contributed by atoms with Crippen LogP contribution in [0.2, 0.25) is 5.02 Å². The largest absolute Gasteiger partial charge is 0.356 e. The summed E-state index contributed by atoms with van der Waals surface area (Å²) in [5.74, 6) is -0.488. The molecule has 0 aromatic heterocycles. The van der Waals surface area contributed by atoms with Gasteiger partial charge in [-0.05, 0) is 30.5 Å². The number of benzene rings is 1. The van der Waals surface area contributed by atoms with Crippen LogP contribution in [0.1, 0.15) is 25.3 Å². The molecule has 1 aromatic carbocycles. The molecule has 0 saturated carbocycles. The highest BCUT2D eigenvalue weighted by Gasteiger charge is 2.07. The van der Waals surface area contributed by atoms with Gasteiger partial charge in [-0.25, -0.2) is 0 Å². The van der Waals surface area contributed by atoms with Crippen LogP contribution in [0.4, 0.5) is 0 Å². The molecule has 1 aromatic rings. The maximum atomic E-state index is 11.5. The van der Waals surface area contributed by atoms with E-state index in [-0.39, 0.29) is 18.2 Å². The zero-order valence-corrected chi connectivity index (χ0v) is 11.8. The highest BCUT2D eigenvalue weighted by molar-refractivity contribution is 6.30. The Kier molecular flexibility index (Phi) is 6.97. The highest BCUT2D eigenvalue weighted by atomic mass is 35.5. The summed E-state index contributed by atoms with van der Waals surface area (Å²) < 4.78 is 0. The lowest BCUT2D eigenvalue weighted by Crippen LogP contribution is -2.33. The van der Waals surface area contributed by atoms with Gasteiger partial charge in [0.25, 0.3) is 0 Å². The monoisotopic (exact) mass is 282 g/mol. The average molecular weight is 283 g/mol. The van der Waals surface area contributed by atoms with Crippen molar-refractivity contribution in [2.45, 2.75) is 26.2 Å². The molecule has 0 aliphatic rings. The molecular formula is C14H19ClN2O2. The van der Waals surface area contributed by atoms with Gasteiger partial charge in [0.1, 0.15) is 6.42 Å². The fraction of sp³-hybridized carbons (Fsp3) is 0.429. The number of hydrogen-bond acceptors (Lipinski definition) is 2. The van der Waals surface area contributed by atoms with Crippen LogP contribution in [0.3, 0.4) is 0 Å². The van der Waals surface area contributed by atoms with Crippen molar-refractivity contribution >= 4 is 23.4 Å². The summed E-state index contributed by atoms with van der Waals surface area (Å²) in [6.07, 6.45) is 1.44. The molecule has 104 valence electrons. The number of rotatable bonds is 7. The molecule has 0 heterocycles. The van der Waals surface area contributed by atoms with Gasteiger partial charge in [-0.3, -0.25) is 9.59 Å². The maximum absolute atomic E-state index is 11.5. The SMILES string of the molecule is CCCNC(=O)CC(=O)NCCc1cccc(Cl)c1. The summed E-state index contributed by atoms with van der Waals surface area (Å²) in [7, 11) is 0. The second-order valence-corrected chi connectivity index (χ2v) is 4.69. The van der Waals surface area contributed by atoms with Crippen LogP contribution in [-0.4, -0.2) is 24.9 Å². The van der Waals surface area contributed by atoms with E-state index in [1.165, 1.54) is 0 Å². The van der Waals surface area contributed by atoms with E-state index in [1.54, 1.807) is 0 Å². The van der Waals surface area contributed by atoms with Crippen LogP contribution in [0, 0.1) is 0 Å². The molecule has 19 heavy (non-hydrogen) atoms. The number of amides is 2. The third kappa shape index (κ3) is 6.82. The molecule has 0 radical (unpaired) electrons. The Labute approximate surface area is 118 Å². The molecule has 2 N–H and O–H groups in total. The Morgan fingerprint density at radius 3 is 2.47 bits per heavy atom. The molecule has 2 amide bonds. The van der Waals surface area contributed by atoms with E-state index in [0.29, 0.717) is 24.5 Å². The molecular weight excluding hydrogens is 264 g/mol. The van der Waals surface area contributed by atoms with Crippen molar-refractivity contribution in [2.75, 3.05) is 13.1 Å². The van der Waals surface area contributed by atoms with Gasteiger partial charge in [-0.15, -0.1) is 0 Å². The topological polar surface area (TPSA) is 58.2 Å². The van der Waals surface area contributed by atoms with E-state index in [1.807, 2.05) is 31.2 Å². The molecule has 0 aliphatic heterocycles. The molecule has 5 heteroatoms. The van der Waals surface area contributed by atoms with Crippen LogP contribution < -0.4 is 10.6 Å². The quantitative estimate of drug-likeness (QED) is 0.751. The lowest BCUT2D eigenvalue weighted by Gasteiger charge is -2.06. The lowest BCUT2D eigenvalue weighted by molar-refractivity contribution is -0.129. The second kappa shape index (κ2) is 8.53. The van der Waals surface area contributed by atoms with E-state index >= 15 is 0 Å². The number of carbonyl (C=O) groups excluding carboxylic acids is 2. The first-order chi connectivity index (χ1) is 9.11. The summed E-state index contributed by atoms with van der Waals surface area (Å²) in [4.78, 5) is 22.8. The van der Waals surface area contributed by atoms with Gasteiger partial charge in [-0.1, -0.05) is 30.7 Å². The van der Waals surface area contributed by atoms with Crippen molar-refractivity contribution in [1.29, 1.82) is 0 Å². The Hall–Kier alpha value is -1.55. The second-order valence-electron chi connectivity index (χ2n) is 4.26. The summed E-state index contributed by atoms with van der Waals surface area (Å²) in [5.41, 5.74) is 1.06. The molecule has 0 spiro atoms. The number of nitrogens with one attached hydrogen (secondary N) is 2. The normalized spacial score (nSPS) is 10.0. The number of hydrogen-bond donors (Lipinski definition) is 2. The summed E-state index contributed by atoms with van der Waals surface area (Å²) in [6, 6.07) is 7.49. The Bertz CT molecular complexity index is 435. The fourth-order valence-corrected chi connectivity index (χ4v) is 1.79. The minimum absolute atomic E-state index is 0.116. The molecule has 0 fully saturated rings. The van der Waals surface area contributed by atoms with Crippen molar-refractivity contribution < 1.29 is 9.59 Å². The van der Waals surface area contributed by atoms with Gasteiger partial charge >= 0.3 is 0 Å². The number of halogens is 1. The smallest absolute Gasteiger partial charge is 0.229 e. The molecule has 0 unspecified atom stereocenters. The van der Waals surface area contributed by atoms with Crippen LogP contribution in [0.5, 0.6) is 0 Å². The molecule has 1 rings (SSSR count). The van der Waals surface area contributed by atoms with Crippen molar-refractivity contribution in [3.8, 4) is 0 Å². The first-order valence-corrected chi connectivity index (χ1v) is 6.77. The predicted molar refractivity (Wildman–Crippen MR) is 76.1 cm³/mol. The van der Waals surface area contributed by atoms with Gasteiger partial charge in [0, 0.05) is 18.1 Å². The summed E-state index contributed by atoms with van der Waals surface area (Å²) in [6.45, 7) is 3.07. The van der Waals surface area contributed by atoms with Crippen LogP contribution in [0.25, 0.3) is 0 Å². The lowest BCUT2D eigenvalue weighted by atomic mass is 10.1. The Morgan fingerprint density at radius 2 is 1.84 bits per heavy atom. The van der Waals surface area contributed by atoms with E-state index < -0.39 is 0 Å². The van der Waals surface area contributed by atoms with Gasteiger partial charge in [-0.2, -0.15) is 0 Å². The van der Waals surface area contributed by atoms with Gasteiger partial charge in [0.05, 0.1) is 0 Å². The van der Waals surface area contributed by atoms with Crippen LogP contribution >= 0.6 is 11.6 Å². The van der Waals surface area contributed by atoms with Crippen molar-refractivity contribution in [3.63, 3.8) is 0 Å². The van der Waals surface area contributed by atoms with Crippen molar-refractivity contribution in [2.24, 2.45) is 0 Å². The minimum atomic E-state index is -0.254. The van der Waals surface area contributed by atoms with E-state index in [2.05, 4.69) is 10.6 Å². The molecule has 0 aliphatic carbocycles. The first-order valence-electron chi connectivity index (χ1n) is 6.39. The van der Waals surface area contributed by atoms with Crippen molar-refractivity contribution in [1.82, 2.24) is 10.6 Å². The van der Waals surface area contributed by atoms with Crippen molar-refractivity contribution in [3.05, 3.63) is 34.9 Å². The molecule has 4 nitrogen and oxygen atoms in total. The fourth-order valence-electron chi connectivity index (χ4n) is 1.57. The first kappa shape index (κ1) is 15.5. The predicted octanol–water partition coefficient (Wildman–Crippen LogP) is 1.92. The number of carbonyl (C=O) groups is 2.